The van der Waals surface area contributed by atoms with Gasteiger partial charge >= 0.3 is 5.97 Å². The number of carbonyl (C=O) groups excluding carboxylic acids is 1. The number of rotatable bonds is 12. The van der Waals surface area contributed by atoms with Crippen LogP contribution < -0.4 is 15.0 Å². The second-order valence-corrected chi connectivity index (χ2v) is 13.5. The molecule has 0 saturated carbocycles. The fourth-order valence-electron chi connectivity index (χ4n) is 5.31. The number of ether oxygens (including phenoxy) is 1. The Bertz CT molecular complexity index is 1500. The number of fused-ring (bicyclic) bond motifs is 1. The number of pyridine rings is 1. The third kappa shape index (κ3) is 7.49. The number of nitrogens with one attached hydrogen (secondary N) is 1. The number of anilines is 2. The van der Waals surface area contributed by atoms with Crippen LogP contribution in [0.4, 0.5) is 11.4 Å². The highest BCUT2D eigenvalue weighted by atomic mass is 79.9. The predicted molar refractivity (Wildman–Crippen MR) is 165 cm³/mol. The molecular weight excluding hydrogens is 622 g/mol. The van der Waals surface area contributed by atoms with E-state index in [9.17, 15) is 23.1 Å². The lowest BCUT2D eigenvalue weighted by atomic mass is 9.81. The van der Waals surface area contributed by atoms with E-state index in [1.807, 2.05) is 37.3 Å². The number of aromatic nitrogens is 1. The summed E-state index contributed by atoms with van der Waals surface area (Å²) in [5, 5.41) is 12.1. The summed E-state index contributed by atoms with van der Waals surface area (Å²) < 4.78 is 34.2. The van der Waals surface area contributed by atoms with Crippen molar-refractivity contribution in [3.63, 3.8) is 0 Å². The molecule has 1 amide bonds. The van der Waals surface area contributed by atoms with Crippen molar-refractivity contribution in [2.45, 2.75) is 56.9 Å². The van der Waals surface area contributed by atoms with E-state index in [0.717, 1.165) is 24.9 Å². The van der Waals surface area contributed by atoms with Gasteiger partial charge in [0.15, 0.2) is 16.4 Å². The third-order valence-corrected chi connectivity index (χ3v) is 10.3. The molecule has 0 fully saturated rings. The maximum atomic E-state index is 14.0. The van der Waals surface area contributed by atoms with E-state index in [4.69, 9.17) is 4.74 Å². The normalized spacial score (nSPS) is 18.4. The zero-order valence-corrected chi connectivity index (χ0v) is 26.2. The molecule has 0 radical (unpaired) electrons. The van der Waals surface area contributed by atoms with Gasteiger partial charge in [-0.3, -0.25) is 9.78 Å². The van der Waals surface area contributed by atoms with Gasteiger partial charge in [-0.15, -0.1) is 0 Å². The van der Waals surface area contributed by atoms with E-state index in [1.165, 1.54) is 6.07 Å². The highest BCUT2D eigenvalue weighted by Gasteiger charge is 2.42. The number of nitrogens with zero attached hydrogens (tertiary/aromatic N) is 2. The number of hydrogen-bond acceptors (Lipinski definition) is 7. The lowest BCUT2D eigenvalue weighted by Crippen LogP contribution is -2.44. The van der Waals surface area contributed by atoms with Crippen LogP contribution in [0.2, 0.25) is 0 Å². The first-order valence-corrected chi connectivity index (χ1v) is 16.4. The Morgan fingerprint density at radius 2 is 1.93 bits per heavy atom. The first-order valence-electron chi connectivity index (χ1n) is 14.0. The Morgan fingerprint density at radius 1 is 1.17 bits per heavy atom. The van der Waals surface area contributed by atoms with Gasteiger partial charge in [-0.1, -0.05) is 51.0 Å². The Kier molecular flexibility index (Phi) is 10.3. The number of hydrogen-bond donors (Lipinski definition) is 2. The molecule has 11 heteroatoms. The number of sulfone groups is 1. The summed E-state index contributed by atoms with van der Waals surface area (Å²) in [6.45, 7) is 4.20. The fraction of sp³-hybridized carbons (Fsp3) is 0.387. The molecule has 3 aromatic rings. The van der Waals surface area contributed by atoms with Gasteiger partial charge in [0.05, 0.1) is 20.8 Å². The molecule has 0 saturated heterocycles. The zero-order valence-electron chi connectivity index (χ0n) is 23.8. The van der Waals surface area contributed by atoms with Crippen molar-refractivity contribution in [3.05, 3.63) is 77.0 Å². The Labute approximate surface area is 255 Å². The van der Waals surface area contributed by atoms with Gasteiger partial charge in [-0.25, -0.2) is 13.2 Å². The average molecular weight is 659 g/mol. The van der Waals surface area contributed by atoms with Crippen molar-refractivity contribution in [1.29, 1.82) is 0 Å². The Balaban J connectivity index is 1.62. The van der Waals surface area contributed by atoms with Crippen molar-refractivity contribution in [2.75, 3.05) is 23.8 Å². The molecule has 2 atom stereocenters. The van der Waals surface area contributed by atoms with Gasteiger partial charge in [0.25, 0.3) is 5.91 Å². The van der Waals surface area contributed by atoms with Crippen LogP contribution in [-0.2, 0) is 25.8 Å². The summed E-state index contributed by atoms with van der Waals surface area (Å²) in [4.78, 5) is 30.7. The van der Waals surface area contributed by atoms with Gasteiger partial charge in [0.1, 0.15) is 11.8 Å². The van der Waals surface area contributed by atoms with E-state index < -0.39 is 39.8 Å². The number of carbonyl (C=O) groups is 2. The smallest absolute Gasteiger partial charge is 0.326 e. The van der Waals surface area contributed by atoms with Crippen LogP contribution in [0.15, 0.2) is 76.4 Å². The summed E-state index contributed by atoms with van der Waals surface area (Å²) in [5.41, 5.74) is 1.64. The maximum absolute atomic E-state index is 14.0. The zero-order chi connectivity index (χ0) is 30.3. The van der Waals surface area contributed by atoms with Crippen molar-refractivity contribution in [1.82, 2.24) is 10.3 Å². The standard InChI is InChI=1S/C31H36BrN3O6S/c1-3-5-13-31(4-2)20-35(23-11-7-6-8-12-23)26-16-24(32)27(17-28(26)42(39,40)21-31)41-19-29(36)34-25(30(37)38)15-22-10-9-14-33-18-22/h6-12,14,16-18,25H,3-5,13,15,19-21H2,1-2H3,(H,34,36)(H,37,38)/t25-,31?/m1/s1. The van der Waals surface area contributed by atoms with Crippen LogP contribution in [0, 0.1) is 5.41 Å². The molecule has 1 aliphatic rings. The topological polar surface area (TPSA) is 126 Å². The van der Waals surface area contributed by atoms with Crippen LogP contribution in [0.3, 0.4) is 0 Å². The SMILES string of the molecule is CCCCC1(CC)CN(c2ccccc2)c2cc(Br)c(OCC(=O)N[C@H](Cc3cccnc3)C(=O)O)cc2S(=O)(=O)C1. The monoisotopic (exact) mass is 657 g/mol. The number of aliphatic carboxylic acids is 1. The van der Waals surface area contributed by atoms with Crippen LogP contribution in [-0.4, -0.2) is 55.3 Å². The quantitative estimate of drug-likeness (QED) is 0.260. The van der Waals surface area contributed by atoms with Gasteiger partial charge in [0.2, 0.25) is 0 Å². The first kappa shape index (κ1) is 31.5. The maximum Gasteiger partial charge on any atom is 0.326 e. The minimum atomic E-state index is -3.74. The van der Waals surface area contributed by atoms with Crippen LogP contribution in [0.5, 0.6) is 5.75 Å². The summed E-state index contributed by atoms with van der Waals surface area (Å²) in [6.07, 6.45) is 6.56. The lowest BCUT2D eigenvalue weighted by molar-refractivity contribution is -0.142. The Morgan fingerprint density at radius 3 is 2.57 bits per heavy atom. The minimum absolute atomic E-state index is 0.00300. The second-order valence-electron chi connectivity index (χ2n) is 10.7. The Hall–Kier alpha value is -3.44. The van der Waals surface area contributed by atoms with Crippen molar-refractivity contribution in [3.8, 4) is 5.75 Å². The van der Waals surface area contributed by atoms with Crippen molar-refractivity contribution >= 4 is 49.0 Å². The van der Waals surface area contributed by atoms with Crippen LogP contribution in [0.25, 0.3) is 0 Å². The summed E-state index contributed by atoms with van der Waals surface area (Å²) in [6, 6.07) is 15.1. The minimum Gasteiger partial charge on any atom is -0.483 e. The number of amides is 1. The number of carboxylic acids is 1. The van der Waals surface area contributed by atoms with Gasteiger partial charge in [0, 0.05) is 42.5 Å². The molecule has 42 heavy (non-hydrogen) atoms. The second kappa shape index (κ2) is 13.7. The number of benzene rings is 2. The van der Waals surface area contributed by atoms with E-state index >= 15 is 0 Å². The first-order chi connectivity index (χ1) is 20.1. The molecule has 1 aliphatic heterocycles. The molecule has 9 nitrogen and oxygen atoms in total. The number of para-hydroxylation sites is 1. The third-order valence-electron chi connectivity index (χ3n) is 7.66. The highest BCUT2D eigenvalue weighted by molar-refractivity contribution is 9.10. The van der Waals surface area contributed by atoms with E-state index in [1.54, 1.807) is 30.6 Å². The highest BCUT2D eigenvalue weighted by Crippen LogP contribution is 2.46. The number of unbranched alkanes of at least 4 members (excludes halogenated alkanes) is 1. The predicted octanol–water partition coefficient (Wildman–Crippen LogP) is 5.55. The molecule has 0 aliphatic carbocycles. The van der Waals surface area contributed by atoms with Crippen molar-refractivity contribution in [2.24, 2.45) is 5.41 Å². The van der Waals surface area contributed by atoms with Gasteiger partial charge in [-0.2, -0.15) is 0 Å². The molecule has 0 bridgehead atoms. The average Bonchev–Trinajstić information content (AvgIpc) is 3.07. The number of carboxylic acid groups (broad SMARTS) is 1. The van der Waals surface area contributed by atoms with E-state index in [2.05, 4.69) is 38.1 Å². The van der Waals surface area contributed by atoms with Gasteiger partial charge < -0.3 is 20.1 Å². The summed E-state index contributed by atoms with van der Waals surface area (Å²) >= 11 is 3.52. The molecule has 1 unspecified atom stereocenters. The van der Waals surface area contributed by atoms with E-state index in [-0.39, 0.29) is 22.8 Å². The molecule has 1 aromatic heterocycles. The van der Waals surface area contributed by atoms with Gasteiger partial charge in [-0.05, 0) is 58.6 Å². The summed E-state index contributed by atoms with van der Waals surface area (Å²) in [7, 11) is -3.74. The molecule has 0 spiro atoms. The van der Waals surface area contributed by atoms with Crippen molar-refractivity contribution < 1.29 is 27.9 Å². The van der Waals surface area contributed by atoms with Crippen LogP contribution >= 0.6 is 15.9 Å². The molecule has 224 valence electrons. The molecule has 2 heterocycles. The van der Waals surface area contributed by atoms with E-state index in [0.29, 0.717) is 28.7 Å². The largest absolute Gasteiger partial charge is 0.483 e. The lowest BCUT2D eigenvalue weighted by Gasteiger charge is -2.36. The molecular formula is C31H36BrN3O6S. The fourth-order valence-corrected chi connectivity index (χ4v) is 7.93. The summed E-state index contributed by atoms with van der Waals surface area (Å²) in [5.74, 6) is -1.65. The molecule has 2 aromatic carbocycles. The number of halogens is 1. The molecule has 2 N–H and O–H groups in total. The van der Waals surface area contributed by atoms with Crippen LogP contribution in [0.1, 0.15) is 45.1 Å². The molecule has 4 rings (SSSR count).